The zero-order valence-corrected chi connectivity index (χ0v) is 15.7. The summed E-state index contributed by atoms with van der Waals surface area (Å²) in [5, 5.41) is 19.8. The van der Waals surface area contributed by atoms with E-state index >= 15 is 0 Å². The van der Waals surface area contributed by atoms with Gasteiger partial charge in [0.05, 0.1) is 12.0 Å². The van der Waals surface area contributed by atoms with Gasteiger partial charge in [0.15, 0.2) is 11.0 Å². The van der Waals surface area contributed by atoms with Crippen molar-refractivity contribution in [3.63, 3.8) is 0 Å². The number of ether oxygens (including phenoxy) is 2. The van der Waals surface area contributed by atoms with Gasteiger partial charge in [-0.1, -0.05) is 30.0 Å². The molecule has 0 radical (unpaired) electrons. The van der Waals surface area contributed by atoms with Gasteiger partial charge < -0.3 is 14.0 Å². The normalized spacial score (nSPS) is 10.6. The molecule has 140 valence electrons. The van der Waals surface area contributed by atoms with Crippen molar-refractivity contribution in [3.8, 4) is 11.5 Å². The van der Waals surface area contributed by atoms with Gasteiger partial charge in [-0.25, -0.2) is 0 Å². The molecule has 0 unspecified atom stereocenters. The van der Waals surface area contributed by atoms with Crippen LogP contribution in [0.4, 0.5) is 5.69 Å². The van der Waals surface area contributed by atoms with Gasteiger partial charge in [0, 0.05) is 31.0 Å². The summed E-state index contributed by atoms with van der Waals surface area (Å²) in [6.07, 6.45) is 0. The molecule has 2 aromatic carbocycles. The number of methoxy groups -OCH3 is 1. The Balaban J connectivity index is 1.58. The van der Waals surface area contributed by atoms with E-state index in [1.165, 1.54) is 23.9 Å². The first-order chi connectivity index (χ1) is 13.1. The van der Waals surface area contributed by atoms with E-state index in [2.05, 4.69) is 10.2 Å². The molecule has 0 saturated heterocycles. The quantitative estimate of drug-likeness (QED) is 0.332. The van der Waals surface area contributed by atoms with Gasteiger partial charge in [-0.05, 0) is 17.7 Å². The molecule has 3 aromatic rings. The number of non-ortho nitro benzene ring substituents is 1. The predicted octanol–water partition coefficient (Wildman–Crippen LogP) is 3.60. The number of hydrogen-bond acceptors (Lipinski definition) is 7. The van der Waals surface area contributed by atoms with Crippen LogP contribution >= 0.6 is 11.8 Å². The van der Waals surface area contributed by atoms with E-state index in [0.29, 0.717) is 17.3 Å². The van der Waals surface area contributed by atoms with Gasteiger partial charge in [0.1, 0.15) is 18.1 Å². The molecule has 9 heteroatoms. The standard InChI is InChI=1S/C18H18N4O4S/c1-21-17(11-26-16-5-3-4-15(10-16)25-2)19-20-18(21)27-12-13-6-8-14(9-7-13)22(23)24/h3-10H,11-12H2,1-2H3. The zero-order chi connectivity index (χ0) is 19.2. The van der Waals surface area contributed by atoms with E-state index in [1.807, 2.05) is 29.8 Å². The third-order valence-electron chi connectivity index (χ3n) is 3.85. The van der Waals surface area contributed by atoms with Gasteiger partial charge in [-0.2, -0.15) is 0 Å². The molecule has 0 N–H and O–H groups in total. The van der Waals surface area contributed by atoms with Gasteiger partial charge in [-0.15, -0.1) is 10.2 Å². The van der Waals surface area contributed by atoms with Crippen molar-refractivity contribution in [2.24, 2.45) is 7.05 Å². The molecular weight excluding hydrogens is 368 g/mol. The third-order valence-corrected chi connectivity index (χ3v) is 4.94. The second-order valence-electron chi connectivity index (χ2n) is 5.64. The van der Waals surface area contributed by atoms with E-state index in [-0.39, 0.29) is 12.3 Å². The fraction of sp³-hybridized carbons (Fsp3) is 0.222. The zero-order valence-electron chi connectivity index (χ0n) is 14.9. The number of nitro benzene ring substituents is 1. The van der Waals surface area contributed by atoms with Crippen molar-refractivity contribution in [1.29, 1.82) is 0 Å². The van der Waals surface area contributed by atoms with Crippen molar-refractivity contribution in [2.75, 3.05) is 7.11 Å². The molecule has 0 aliphatic carbocycles. The van der Waals surface area contributed by atoms with E-state index in [0.717, 1.165) is 16.5 Å². The fourth-order valence-electron chi connectivity index (χ4n) is 2.30. The van der Waals surface area contributed by atoms with Crippen molar-refractivity contribution >= 4 is 17.4 Å². The average molecular weight is 386 g/mol. The minimum atomic E-state index is -0.409. The Labute approximate surface area is 160 Å². The van der Waals surface area contributed by atoms with Crippen LogP contribution in [-0.2, 0) is 19.4 Å². The number of benzene rings is 2. The van der Waals surface area contributed by atoms with Gasteiger partial charge in [0.25, 0.3) is 5.69 Å². The summed E-state index contributed by atoms with van der Waals surface area (Å²) < 4.78 is 12.8. The lowest BCUT2D eigenvalue weighted by Gasteiger charge is -2.08. The summed E-state index contributed by atoms with van der Waals surface area (Å²) in [7, 11) is 3.48. The van der Waals surface area contributed by atoms with Crippen LogP contribution in [0, 0.1) is 10.1 Å². The third kappa shape index (κ3) is 4.76. The van der Waals surface area contributed by atoms with Gasteiger partial charge >= 0.3 is 0 Å². The number of rotatable bonds is 8. The van der Waals surface area contributed by atoms with Crippen LogP contribution in [0.25, 0.3) is 0 Å². The first kappa shape index (κ1) is 18.7. The molecule has 1 aromatic heterocycles. The lowest BCUT2D eigenvalue weighted by atomic mass is 10.2. The van der Waals surface area contributed by atoms with Crippen LogP contribution in [0.3, 0.4) is 0 Å². The molecule has 0 aliphatic rings. The van der Waals surface area contributed by atoms with E-state index in [9.17, 15) is 10.1 Å². The number of thioether (sulfide) groups is 1. The molecule has 0 aliphatic heterocycles. The fourth-order valence-corrected chi connectivity index (χ4v) is 3.18. The van der Waals surface area contributed by atoms with E-state index < -0.39 is 4.92 Å². The smallest absolute Gasteiger partial charge is 0.269 e. The summed E-state index contributed by atoms with van der Waals surface area (Å²) in [4.78, 5) is 10.3. The highest BCUT2D eigenvalue weighted by Gasteiger charge is 2.11. The molecule has 0 saturated carbocycles. The Morgan fingerprint density at radius 1 is 1.15 bits per heavy atom. The SMILES string of the molecule is COc1cccc(OCc2nnc(SCc3ccc([N+](=O)[O-])cc3)n2C)c1. The average Bonchev–Trinajstić information content (AvgIpc) is 3.05. The van der Waals surface area contributed by atoms with Crippen molar-refractivity contribution in [2.45, 2.75) is 17.5 Å². The summed E-state index contributed by atoms with van der Waals surface area (Å²) in [5.41, 5.74) is 1.06. The first-order valence-electron chi connectivity index (χ1n) is 8.08. The van der Waals surface area contributed by atoms with Gasteiger partial charge in [0.2, 0.25) is 0 Å². The van der Waals surface area contributed by atoms with Crippen LogP contribution < -0.4 is 9.47 Å². The lowest BCUT2D eigenvalue weighted by molar-refractivity contribution is -0.384. The van der Waals surface area contributed by atoms with Crippen LogP contribution in [0.1, 0.15) is 11.4 Å². The Bertz CT molecular complexity index is 927. The summed E-state index contributed by atoms with van der Waals surface area (Å²) in [6.45, 7) is 0.286. The highest BCUT2D eigenvalue weighted by molar-refractivity contribution is 7.98. The number of nitrogens with zero attached hydrogens (tertiary/aromatic N) is 4. The minimum absolute atomic E-state index is 0.0828. The summed E-state index contributed by atoms with van der Waals surface area (Å²) in [5.74, 6) is 2.76. The number of hydrogen-bond donors (Lipinski definition) is 0. The van der Waals surface area contributed by atoms with Crippen LogP contribution in [0.5, 0.6) is 11.5 Å². The summed E-state index contributed by atoms with van der Waals surface area (Å²) >= 11 is 1.51. The summed E-state index contributed by atoms with van der Waals surface area (Å²) in [6, 6.07) is 13.9. The maximum atomic E-state index is 10.7. The van der Waals surface area contributed by atoms with Crippen LogP contribution in [-0.4, -0.2) is 26.8 Å². The molecular formula is C18H18N4O4S. The van der Waals surface area contributed by atoms with E-state index in [4.69, 9.17) is 9.47 Å². The van der Waals surface area contributed by atoms with Crippen molar-refractivity contribution < 1.29 is 14.4 Å². The topological polar surface area (TPSA) is 92.3 Å². The molecule has 0 bridgehead atoms. The Hall–Kier alpha value is -3.07. The first-order valence-corrected chi connectivity index (χ1v) is 9.06. The molecule has 27 heavy (non-hydrogen) atoms. The Morgan fingerprint density at radius 3 is 2.59 bits per heavy atom. The predicted molar refractivity (Wildman–Crippen MR) is 101 cm³/mol. The maximum Gasteiger partial charge on any atom is 0.269 e. The number of aromatic nitrogens is 3. The molecule has 8 nitrogen and oxygen atoms in total. The van der Waals surface area contributed by atoms with E-state index in [1.54, 1.807) is 25.3 Å². The van der Waals surface area contributed by atoms with Crippen molar-refractivity contribution in [1.82, 2.24) is 14.8 Å². The molecule has 3 rings (SSSR count). The van der Waals surface area contributed by atoms with Crippen molar-refractivity contribution in [3.05, 3.63) is 70.0 Å². The van der Waals surface area contributed by atoms with Crippen LogP contribution in [0.15, 0.2) is 53.7 Å². The monoisotopic (exact) mass is 386 g/mol. The molecule has 0 fully saturated rings. The maximum absolute atomic E-state index is 10.7. The van der Waals surface area contributed by atoms with Gasteiger partial charge in [-0.3, -0.25) is 10.1 Å². The molecule has 0 spiro atoms. The second-order valence-corrected chi connectivity index (χ2v) is 6.58. The second kappa shape index (κ2) is 8.54. The van der Waals surface area contributed by atoms with Crippen LogP contribution in [0.2, 0.25) is 0 Å². The number of nitro groups is 1. The largest absolute Gasteiger partial charge is 0.497 e. The minimum Gasteiger partial charge on any atom is -0.497 e. The molecule has 0 amide bonds. The lowest BCUT2D eigenvalue weighted by Crippen LogP contribution is -2.04. The molecule has 0 atom stereocenters. The highest BCUT2D eigenvalue weighted by Crippen LogP contribution is 2.24. The highest BCUT2D eigenvalue weighted by atomic mass is 32.2. The Morgan fingerprint density at radius 2 is 1.89 bits per heavy atom. The molecule has 1 heterocycles. The Kier molecular flexibility index (Phi) is 5.92.